The van der Waals surface area contributed by atoms with E-state index in [4.69, 9.17) is 9.72 Å². The van der Waals surface area contributed by atoms with Gasteiger partial charge in [-0.05, 0) is 18.4 Å². The number of carbonyl (C=O) groups excluding carboxylic acids is 1. The average Bonchev–Trinajstić information content (AvgIpc) is 2.92. The Bertz CT molecular complexity index is 968. The number of ketones is 1. The minimum absolute atomic E-state index is 0.0297. The van der Waals surface area contributed by atoms with E-state index in [1.54, 1.807) is 12.4 Å². The van der Waals surface area contributed by atoms with Crippen molar-refractivity contribution in [3.05, 3.63) is 29.8 Å². The summed E-state index contributed by atoms with van der Waals surface area (Å²) in [5, 5.41) is 5.38. The van der Waals surface area contributed by atoms with Gasteiger partial charge in [-0.1, -0.05) is 20.8 Å². The van der Waals surface area contributed by atoms with Crippen LogP contribution >= 0.6 is 0 Å². The van der Waals surface area contributed by atoms with Crippen LogP contribution in [0, 0.1) is 12.3 Å². The molecule has 0 amide bonds. The molecule has 7 heteroatoms. The van der Waals surface area contributed by atoms with Crippen LogP contribution in [-0.4, -0.2) is 37.6 Å². The summed E-state index contributed by atoms with van der Waals surface area (Å²) in [6.45, 7) is 10.6. The number of ether oxygens (including phenoxy) is 1. The Morgan fingerprint density at radius 2 is 1.88 bits per heavy atom. The van der Waals surface area contributed by atoms with Crippen LogP contribution in [0.25, 0.3) is 22.2 Å². The predicted octanol–water partition coefficient (Wildman–Crippen LogP) is 3.45. The maximum atomic E-state index is 12.1. The third-order valence-corrected chi connectivity index (χ3v) is 3.97. The highest BCUT2D eigenvalue weighted by atomic mass is 16.5. The molecule has 0 saturated heterocycles. The van der Waals surface area contributed by atoms with E-state index in [0.29, 0.717) is 23.9 Å². The summed E-state index contributed by atoms with van der Waals surface area (Å²) >= 11 is 0. The number of pyridine rings is 1. The summed E-state index contributed by atoms with van der Waals surface area (Å²) in [5.41, 5.74) is 3.66. The van der Waals surface area contributed by atoms with Crippen LogP contribution in [0.3, 0.4) is 0 Å². The first kappa shape index (κ1) is 18.0. The molecule has 0 aromatic carbocycles. The number of hydrogen-bond acceptors (Lipinski definition) is 6. The van der Waals surface area contributed by atoms with Crippen LogP contribution in [-0.2, 0) is 6.54 Å². The zero-order valence-corrected chi connectivity index (χ0v) is 16.0. The summed E-state index contributed by atoms with van der Waals surface area (Å²) in [6, 6.07) is 2.19. The zero-order chi connectivity index (χ0) is 19.1. The maximum absolute atomic E-state index is 12.1. The Labute approximate surface area is 152 Å². The van der Waals surface area contributed by atoms with Crippen molar-refractivity contribution < 1.29 is 9.53 Å². The molecule has 3 rings (SSSR count). The third-order valence-electron chi connectivity index (χ3n) is 3.97. The van der Waals surface area contributed by atoms with Crippen LogP contribution in [0.15, 0.2) is 18.5 Å². The second-order valence-electron chi connectivity index (χ2n) is 7.57. The van der Waals surface area contributed by atoms with Crippen LogP contribution < -0.4 is 4.74 Å². The number of fused-ring (bicyclic) bond motifs is 1. The number of aromatic nitrogens is 5. The second kappa shape index (κ2) is 6.48. The lowest BCUT2D eigenvalue weighted by Gasteiger charge is -2.19. The number of aryl methyl sites for hydroxylation is 1. The highest BCUT2D eigenvalue weighted by Gasteiger charge is 2.21. The van der Waals surface area contributed by atoms with Crippen LogP contribution in [0.4, 0.5) is 0 Å². The van der Waals surface area contributed by atoms with E-state index in [1.165, 1.54) is 14.0 Å². The summed E-state index contributed by atoms with van der Waals surface area (Å²) in [4.78, 5) is 25.1. The van der Waals surface area contributed by atoms with Crippen molar-refractivity contribution in [3.63, 3.8) is 0 Å². The number of hydrogen-bond donors (Lipinski definition) is 0. The molecular weight excluding hydrogens is 330 g/mol. The fraction of sp³-hybridized carbons (Fsp3) is 0.421. The largest absolute Gasteiger partial charge is 0.467 e. The third kappa shape index (κ3) is 3.42. The average molecular weight is 353 g/mol. The van der Waals surface area contributed by atoms with Crippen molar-refractivity contribution in [2.45, 2.75) is 41.2 Å². The van der Waals surface area contributed by atoms with Crippen molar-refractivity contribution in [1.82, 2.24) is 24.7 Å². The highest BCUT2D eigenvalue weighted by molar-refractivity contribution is 6.06. The van der Waals surface area contributed by atoms with Gasteiger partial charge in [-0.25, -0.2) is 9.97 Å². The fourth-order valence-corrected chi connectivity index (χ4v) is 2.92. The number of carbonyl (C=O) groups is 1. The topological polar surface area (TPSA) is 82.8 Å². The molecule has 0 aliphatic carbocycles. The first-order valence-electron chi connectivity index (χ1n) is 8.45. The fourth-order valence-electron chi connectivity index (χ4n) is 2.92. The minimum Gasteiger partial charge on any atom is -0.467 e. The van der Waals surface area contributed by atoms with Gasteiger partial charge in [0.05, 0.1) is 24.0 Å². The summed E-state index contributed by atoms with van der Waals surface area (Å²) in [7, 11) is 1.52. The predicted molar refractivity (Wildman–Crippen MR) is 99.3 cm³/mol. The smallest absolute Gasteiger partial charge is 0.316 e. The quantitative estimate of drug-likeness (QED) is 0.668. The van der Waals surface area contributed by atoms with Gasteiger partial charge in [-0.2, -0.15) is 5.10 Å². The molecule has 0 bridgehead atoms. The SMILES string of the molecule is COc1ncc(-c2cc3c(C(C)=O)nn(CC(C)(C)C)c3c(C)n2)cn1. The lowest BCUT2D eigenvalue weighted by Crippen LogP contribution is -2.17. The Hall–Kier alpha value is -2.83. The van der Waals surface area contributed by atoms with Gasteiger partial charge in [0, 0.05) is 36.8 Å². The van der Waals surface area contributed by atoms with Gasteiger partial charge >= 0.3 is 6.01 Å². The van der Waals surface area contributed by atoms with E-state index in [0.717, 1.165) is 22.2 Å². The number of Topliss-reactive ketones (excluding diaryl/α,β-unsaturated/α-hetero) is 1. The molecule has 26 heavy (non-hydrogen) atoms. The van der Waals surface area contributed by atoms with Gasteiger partial charge in [0.15, 0.2) is 5.78 Å². The Morgan fingerprint density at radius 3 is 2.42 bits per heavy atom. The summed E-state index contributed by atoms with van der Waals surface area (Å²) in [6.07, 6.45) is 3.32. The summed E-state index contributed by atoms with van der Waals surface area (Å²) < 4.78 is 6.89. The molecule has 0 saturated carbocycles. The molecule has 0 N–H and O–H groups in total. The van der Waals surface area contributed by atoms with E-state index in [-0.39, 0.29) is 11.2 Å². The number of methoxy groups -OCH3 is 1. The lowest BCUT2D eigenvalue weighted by molar-refractivity contribution is 0.101. The number of nitrogens with zero attached hydrogens (tertiary/aromatic N) is 5. The first-order chi connectivity index (χ1) is 12.2. The molecule has 3 heterocycles. The Morgan fingerprint density at radius 1 is 1.23 bits per heavy atom. The lowest BCUT2D eigenvalue weighted by atomic mass is 9.97. The van der Waals surface area contributed by atoms with E-state index < -0.39 is 0 Å². The van der Waals surface area contributed by atoms with E-state index in [9.17, 15) is 4.79 Å². The van der Waals surface area contributed by atoms with Crippen molar-refractivity contribution in [3.8, 4) is 17.3 Å². The van der Waals surface area contributed by atoms with Crippen LogP contribution in [0.1, 0.15) is 43.9 Å². The Kier molecular flexibility index (Phi) is 4.48. The molecule has 0 aliphatic heterocycles. The molecule has 0 unspecified atom stereocenters. The molecule has 3 aromatic heterocycles. The molecule has 0 spiro atoms. The van der Waals surface area contributed by atoms with Crippen molar-refractivity contribution >= 4 is 16.7 Å². The zero-order valence-electron chi connectivity index (χ0n) is 16.0. The molecule has 0 atom stereocenters. The van der Waals surface area contributed by atoms with Crippen molar-refractivity contribution in [2.24, 2.45) is 5.41 Å². The molecule has 3 aromatic rings. The molecule has 0 aliphatic rings. The van der Waals surface area contributed by atoms with E-state index in [1.807, 2.05) is 17.7 Å². The molecule has 0 fully saturated rings. The van der Waals surface area contributed by atoms with Crippen LogP contribution in [0.2, 0.25) is 0 Å². The summed E-state index contributed by atoms with van der Waals surface area (Å²) in [5.74, 6) is -0.0646. The van der Waals surface area contributed by atoms with Gasteiger partial charge in [-0.3, -0.25) is 14.5 Å². The van der Waals surface area contributed by atoms with E-state index in [2.05, 4.69) is 35.8 Å². The monoisotopic (exact) mass is 353 g/mol. The van der Waals surface area contributed by atoms with Crippen LogP contribution in [0.5, 0.6) is 6.01 Å². The van der Waals surface area contributed by atoms with Gasteiger partial charge in [-0.15, -0.1) is 0 Å². The minimum atomic E-state index is -0.0646. The second-order valence-corrected chi connectivity index (χ2v) is 7.57. The first-order valence-corrected chi connectivity index (χ1v) is 8.45. The van der Waals surface area contributed by atoms with Gasteiger partial charge in [0.25, 0.3) is 0 Å². The molecule has 136 valence electrons. The highest BCUT2D eigenvalue weighted by Crippen LogP contribution is 2.29. The Balaban J connectivity index is 2.20. The molecule has 7 nitrogen and oxygen atoms in total. The van der Waals surface area contributed by atoms with E-state index >= 15 is 0 Å². The normalized spacial score (nSPS) is 11.8. The van der Waals surface area contributed by atoms with Crippen molar-refractivity contribution in [1.29, 1.82) is 0 Å². The maximum Gasteiger partial charge on any atom is 0.316 e. The standard InChI is InChI=1S/C19H23N5O2/c1-11-17-14(16(12(2)25)23-24(17)10-19(3,4)5)7-15(22-11)13-8-20-18(26-6)21-9-13/h7-9H,10H2,1-6H3. The van der Waals surface area contributed by atoms with Gasteiger partial charge < -0.3 is 4.74 Å². The molecular formula is C19H23N5O2. The molecule has 0 radical (unpaired) electrons. The van der Waals surface area contributed by atoms with Crippen molar-refractivity contribution in [2.75, 3.05) is 7.11 Å². The van der Waals surface area contributed by atoms with Gasteiger partial charge in [0.2, 0.25) is 0 Å². The number of rotatable bonds is 4. The van der Waals surface area contributed by atoms with Gasteiger partial charge in [0.1, 0.15) is 5.69 Å².